The van der Waals surface area contributed by atoms with Crippen LogP contribution in [0.4, 0.5) is 0 Å². The van der Waals surface area contributed by atoms with E-state index < -0.39 is 52.4 Å². The first-order chi connectivity index (χ1) is 43.1. The molecule has 400 valence electrons. The third kappa shape index (κ3) is 16.0. The molecule has 0 saturated carbocycles. The van der Waals surface area contributed by atoms with Crippen LogP contribution >= 0.6 is 0 Å². The molecule has 8 aromatic rings. The fourth-order valence-corrected chi connectivity index (χ4v) is 9.41. The summed E-state index contributed by atoms with van der Waals surface area (Å²) in [6.45, 7) is 17.8. The van der Waals surface area contributed by atoms with E-state index in [0.717, 1.165) is 89.5 Å². The number of benzene rings is 4. The minimum atomic E-state index is -2.11. The van der Waals surface area contributed by atoms with Gasteiger partial charge in [0.15, 0.2) is 24.8 Å². The minimum absolute atomic E-state index is 0.122. The molecule has 4 heteroatoms. The molecule has 0 saturated heterocycles. The molecular weight excluding hydrogens is 921 g/mol. The highest BCUT2D eigenvalue weighted by atomic mass is 14.9. The molecule has 0 spiro atoms. The molecular formula is C72H96N4+4. The summed E-state index contributed by atoms with van der Waals surface area (Å²) in [6.07, 6.45) is 3.27. The summed E-state index contributed by atoms with van der Waals surface area (Å²) in [7, 11) is 7.61. The maximum Gasteiger partial charge on any atom is 0.212 e. The molecule has 0 aliphatic carbocycles. The SMILES string of the molecule is [2H]C([2H])([2H])c1ccc(-c2cc(C)c(C([2H])(C)C)c[n+]2C)c(C)c1.[2H]C([2H])([2H])c1ccc(-c2cc(C)c(C([2H])([2H])C(C)C)c[n+]2C)c(C)c1.[2H]C([2H])([2H])c1ccc(-c2cc(C)c(C([2H])([2H])C)c[n+]2C)c(C)c1.[2H]C([2H])([2H])c1ccc(-c2ccc(C([2H])([2H])C(C)C)c[n+]2C)c(C)c1. The summed E-state index contributed by atoms with van der Waals surface area (Å²) in [5.74, 6) is -0.901. The molecule has 8 rings (SSSR count). The number of hydrogen-bond donors (Lipinski definition) is 0. The number of nitrogens with zero attached hydrogens (tertiary/aromatic N) is 4. The topological polar surface area (TPSA) is 15.5 Å². The molecule has 0 amide bonds. The molecule has 0 N–H and O–H groups in total. The molecule has 0 aliphatic heterocycles. The quantitative estimate of drug-likeness (QED) is 0.121. The summed E-state index contributed by atoms with van der Waals surface area (Å²) >= 11 is 0. The Labute approximate surface area is 488 Å². The van der Waals surface area contributed by atoms with Gasteiger partial charge in [0.25, 0.3) is 0 Å². The highest BCUT2D eigenvalue weighted by Gasteiger charge is 2.20. The average molecular weight is 1040 g/mol. The number of rotatable bonds is 10. The monoisotopic (exact) mass is 1040 g/mol. The fourth-order valence-electron chi connectivity index (χ4n) is 9.41. The number of pyridine rings is 4. The van der Waals surface area contributed by atoms with Crippen LogP contribution in [0, 0.1) is 87.7 Å². The van der Waals surface area contributed by atoms with Crippen LogP contribution < -0.4 is 18.3 Å². The zero-order chi connectivity index (χ0) is 72.6. The van der Waals surface area contributed by atoms with Gasteiger partial charge in [-0.1, -0.05) is 119 Å². The van der Waals surface area contributed by atoms with E-state index in [4.69, 9.17) is 26.0 Å². The summed E-state index contributed by atoms with van der Waals surface area (Å²) in [5.41, 5.74) is 18.5. The van der Waals surface area contributed by atoms with E-state index >= 15 is 0 Å². The molecule has 4 nitrogen and oxygen atoms in total. The second-order valence-electron chi connectivity index (χ2n) is 21.0. The molecule has 4 heterocycles. The van der Waals surface area contributed by atoms with Gasteiger partial charge >= 0.3 is 0 Å². The van der Waals surface area contributed by atoms with Crippen LogP contribution in [0.1, 0.15) is 164 Å². The fraction of sp³-hybridized carbons (Fsp3) is 0.389. The average Bonchev–Trinajstić information content (AvgIpc) is 0.801. The van der Waals surface area contributed by atoms with E-state index in [0.29, 0.717) is 38.9 Å². The molecule has 0 bridgehead atoms. The number of aromatic nitrogens is 4. The maximum atomic E-state index is 8.36. The van der Waals surface area contributed by atoms with Crippen molar-refractivity contribution in [2.75, 3.05) is 0 Å². The number of aryl methyl sites for hydroxylation is 16. The van der Waals surface area contributed by atoms with Gasteiger partial charge in [-0.15, -0.1) is 0 Å². The zero-order valence-corrected chi connectivity index (χ0v) is 48.6. The highest BCUT2D eigenvalue weighted by Crippen LogP contribution is 2.28. The second-order valence-corrected chi connectivity index (χ2v) is 21.0. The maximum absolute atomic E-state index is 8.36. The molecule has 4 aromatic carbocycles. The first-order valence-electron chi connectivity index (χ1n) is 35.6. The van der Waals surface area contributed by atoms with Crippen LogP contribution in [-0.4, -0.2) is 0 Å². The van der Waals surface area contributed by atoms with Crippen molar-refractivity contribution < 1.29 is 44.3 Å². The van der Waals surface area contributed by atoms with Crippen molar-refractivity contribution in [3.8, 4) is 45.0 Å². The smallest absolute Gasteiger partial charge is 0.201 e. The standard InChI is InChI=1S/C19H26N.2C18H24N.C17H22N/c1-13(2)9-17-12-20(6)19(11-15(17)4)18-8-7-14(3)10-16(18)5;1-12(2)17-11-19(6)18(10-15(17)5)16-8-7-13(3)9-14(16)4;1-13(2)10-16-7-9-18(19(5)12-16)17-8-6-14(3)11-15(17)4;1-6-15-11-18(5)17(10-13(15)3)16-8-7-12(2)9-14(16)4/h7-8,10-13H,9H2,1-6H3;7-12H,1-6H3;6-9,11-13H,10H2,1-5H3;7-11H,6H2,1-5H3/q4*+1/i3D3,9D2;3D3,12D;3D3,10D2;2D3,6D2. The molecule has 0 unspecified atom stereocenters. The van der Waals surface area contributed by atoms with Crippen LogP contribution in [-0.2, 0) is 47.3 Å². The van der Waals surface area contributed by atoms with Crippen molar-refractivity contribution in [2.24, 2.45) is 40.0 Å². The lowest BCUT2D eigenvalue weighted by atomic mass is 9.96. The van der Waals surface area contributed by atoms with Crippen LogP contribution in [0.15, 0.2) is 128 Å². The van der Waals surface area contributed by atoms with Gasteiger partial charge in [-0.3, -0.25) is 0 Å². The van der Waals surface area contributed by atoms with Crippen molar-refractivity contribution in [1.82, 2.24) is 0 Å². The Bertz CT molecular complexity index is 3940. The second kappa shape index (κ2) is 27.0. The minimum Gasteiger partial charge on any atom is -0.201 e. The first-order valence-corrected chi connectivity index (χ1v) is 26.1. The predicted octanol–water partition coefficient (Wildman–Crippen LogP) is 16.2. The molecule has 0 atom stereocenters. The Morgan fingerprint density at radius 3 is 1.11 bits per heavy atom. The molecule has 4 aromatic heterocycles. The van der Waals surface area contributed by atoms with Gasteiger partial charge in [0.1, 0.15) is 28.2 Å². The highest BCUT2D eigenvalue weighted by molar-refractivity contribution is 5.65. The Kier molecular flexibility index (Phi) is 13.5. The normalized spacial score (nSPS) is 16.1. The summed E-state index contributed by atoms with van der Waals surface area (Å²) in [5, 5.41) is 0. The van der Waals surface area contributed by atoms with E-state index in [9.17, 15) is 0 Å². The predicted molar refractivity (Wildman–Crippen MR) is 325 cm³/mol. The van der Waals surface area contributed by atoms with E-state index in [1.165, 1.54) is 0 Å². The lowest BCUT2D eigenvalue weighted by molar-refractivity contribution is -0.661. The lowest BCUT2D eigenvalue weighted by Gasteiger charge is -2.11. The van der Waals surface area contributed by atoms with E-state index in [2.05, 4.69) is 6.07 Å². The molecule has 0 aliphatic rings. The zero-order valence-electron chi connectivity index (χ0n) is 67.6. The molecule has 0 fully saturated rings. The van der Waals surface area contributed by atoms with Crippen LogP contribution in [0.3, 0.4) is 0 Å². The van der Waals surface area contributed by atoms with E-state index in [1.807, 2.05) is 210 Å². The van der Waals surface area contributed by atoms with Crippen LogP contribution in [0.25, 0.3) is 45.0 Å². The van der Waals surface area contributed by atoms with Crippen molar-refractivity contribution in [2.45, 2.75) is 149 Å². The third-order valence-electron chi connectivity index (χ3n) is 13.3. The third-order valence-corrected chi connectivity index (χ3v) is 13.3. The van der Waals surface area contributed by atoms with Gasteiger partial charge in [-0.25, -0.2) is 18.3 Å². The van der Waals surface area contributed by atoms with Crippen molar-refractivity contribution in [3.05, 3.63) is 211 Å². The lowest BCUT2D eigenvalue weighted by Crippen LogP contribution is -2.32. The number of hydrogen-bond acceptors (Lipinski definition) is 0. The van der Waals surface area contributed by atoms with Gasteiger partial charge in [-0.2, -0.15) is 0 Å². The van der Waals surface area contributed by atoms with E-state index in [1.54, 1.807) is 55.5 Å². The van der Waals surface area contributed by atoms with Crippen molar-refractivity contribution in [3.63, 3.8) is 0 Å². The Morgan fingerprint density at radius 2 is 0.750 bits per heavy atom. The van der Waals surface area contributed by atoms with Gasteiger partial charge < -0.3 is 0 Å². The summed E-state index contributed by atoms with van der Waals surface area (Å²) in [4.78, 5) is 0. The van der Waals surface area contributed by atoms with Gasteiger partial charge in [0.2, 0.25) is 22.8 Å². The van der Waals surface area contributed by atoms with Crippen LogP contribution in [0.5, 0.6) is 0 Å². The largest absolute Gasteiger partial charge is 0.212 e. The van der Waals surface area contributed by atoms with Gasteiger partial charge in [0.05, 0.1) is 0 Å². The Hall–Kier alpha value is -6.52. The van der Waals surface area contributed by atoms with E-state index in [-0.39, 0.29) is 11.8 Å². The van der Waals surface area contributed by atoms with Gasteiger partial charge in [0, 0.05) is 94.8 Å². The Balaban J connectivity index is 0.000000229. The summed E-state index contributed by atoms with van der Waals surface area (Å²) < 4.78 is 155. The molecule has 76 heavy (non-hydrogen) atoms. The Morgan fingerprint density at radius 1 is 0.395 bits per heavy atom. The molecule has 0 radical (unpaired) electrons. The van der Waals surface area contributed by atoms with Gasteiger partial charge in [-0.05, 0) is 182 Å². The van der Waals surface area contributed by atoms with Crippen molar-refractivity contribution >= 4 is 0 Å². The van der Waals surface area contributed by atoms with Crippen molar-refractivity contribution in [1.29, 1.82) is 0 Å². The van der Waals surface area contributed by atoms with Crippen LogP contribution in [0.2, 0.25) is 0 Å². The first kappa shape index (κ1) is 38.1. The summed E-state index contributed by atoms with van der Waals surface area (Å²) in [6, 6.07) is 30.5.